The molecule has 0 unspecified atom stereocenters. The van der Waals surface area contributed by atoms with Crippen LogP contribution in [0.4, 0.5) is 5.69 Å². The maximum absolute atomic E-state index is 11.7. The lowest BCUT2D eigenvalue weighted by Crippen LogP contribution is -2.23. The van der Waals surface area contributed by atoms with Gasteiger partial charge in [0.15, 0.2) is 4.80 Å². The lowest BCUT2D eigenvalue weighted by atomic mass is 10.2. The molecule has 0 aliphatic heterocycles. The topological polar surface area (TPSA) is 57.9 Å². The van der Waals surface area contributed by atoms with Gasteiger partial charge in [0, 0.05) is 17.3 Å². The molecule has 0 spiro atoms. The van der Waals surface area contributed by atoms with Crippen LogP contribution in [0.5, 0.6) is 0 Å². The van der Waals surface area contributed by atoms with Crippen molar-refractivity contribution in [3.63, 3.8) is 0 Å². The van der Waals surface area contributed by atoms with Gasteiger partial charge >= 0.3 is 0 Å². The Bertz CT molecular complexity index is 585. The second-order valence-corrected chi connectivity index (χ2v) is 4.65. The molecule has 0 atom stereocenters. The predicted molar refractivity (Wildman–Crippen MR) is 68.0 cm³/mol. The normalized spacial score (nSPS) is 10.2. The molecule has 17 heavy (non-hydrogen) atoms. The van der Waals surface area contributed by atoms with E-state index in [4.69, 9.17) is 5.41 Å². The molecular weight excluding hydrogens is 234 g/mol. The number of nitrogens with zero attached hydrogens (tertiary/aromatic N) is 1. The zero-order valence-corrected chi connectivity index (χ0v) is 10.3. The van der Waals surface area contributed by atoms with Crippen molar-refractivity contribution in [1.82, 2.24) is 4.57 Å². The number of aromatic nitrogens is 1. The molecule has 2 rings (SSSR count). The van der Waals surface area contributed by atoms with Crippen molar-refractivity contribution >= 4 is 22.9 Å². The summed E-state index contributed by atoms with van der Waals surface area (Å²) in [6.45, 7) is 2.15. The number of amides is 1. The van der Waals surface area contributed by atoms with Gasteiger partial charge in [-0.2, -0.15) is 0 Å². The third-order valence-electron chi connectivity index (χ3n) is 2.30. The van der Waals surface area contributed by atoms with E-state index >= 15 is 0 Å². The highest BCUT2D eigenvalue weighted by Gasteiger charge is 2.04. The number of benzene rings is 1. The molecule has 2 aromatic rings. The molecule has 2 N–H and O–H groups in total. The minimum atomic E-state index is -0.118. The van der Waals surface area contributed by atoms with Crippen molar-refractivity contribution < 1.29 is 4.79 Å². The first-order chi connectivity index (χ1) is 8.15. The second kappa shape index (κ2) is 4.97. The van der Waals surface area contributed by atoms with Crippen LogP contribution in [0.1, 0.15) is 5.56 Å². The van der Waals surface area contributed by atoms with Crippen LogP contribution in [-0.2, 0) is 11.3 Å². The Kier molecular flexibility index (Phi) is 3.39. The number of thiazole rings is 1. The Morgan fingerprint density at radius 2 is 2.35 bits per heavy atom. The minimum Gasteiger partial charge on any atom is -0.325 e. The average molecular weight is 247 g/mol. The van der Waals surface area contributed by atoms with Crippen molar-refractivity contribution in [1.29, 1.82) is 5.41 Å². The quantitative estimate of drug-likeness (QED) is 0.856. The summed E-state index contributed by atoms with van der Waals surface area (Å²) in [4.78, 5) is 12.1. The number of carbonyl (C=O) groups is 1. The van der Waals surface area contributed by atoms with E-state index in [9.17, 15) is 4.79 Å². The van der Waals surface area contributed by atoms with Crippen LogP contribution >= 0.6 is 11.3 Å². The first kappa shape index (κ1) is 11.6. The summed E-state index contributed by atoms with van der Waals surface area (Å²) >= 11 is 1.30. The van der Waals surface area contributed by atoms with Gasteiger partial charge in [-0.3, -0.25) is 10.2 Å². The van der Waals surface area contributed by atoms with Gasteiger partial charge in [-0.15, -0.1) is 11.3 Å². The first-order valence-corrected chi connectivity index (χ1v) is 6.08. The fourth-order valence-corrected chi connectivity index (χ4v) is 2.10. The molecule has 1 heterocycles. The van der Waals surface area contributed by atoms with Gasteiger partial charge in [0.05, 0.1) is 0 Å². The Morgan fingerprint density at radius 1 is 1.53 bits per heavy atom. The highest BCUT2D eigenvalue weighted by molar-refractivity contribution is 7.06. The number of rotatable bonds is 3. The van der Waals surface area contributed by atoms with Gasteiger partial charge < -0.3 is 9.88 Å². The maximum Gasteiger partial charge on any atom is 0.244 e. The van der Waals surface area contributed by atoms with Crippen molar-refractivity contribution in [2.45, 2.75) is 13.5 Å². The van der Waals surface area contributed by atoms with E-state index in [0.29, 0.717) is 4.80 Å². The molecule has 0 radical (unpaired) electrons. The predicted octanol–water partition coefficient (Wildman–Crippen LogP) is 1.98. The van der Waals surface area contributed by atoms with Crippen molar-refractivity contribution in [2.24, 2.45) is 0 Å². The average Bonchev–Trinajstić information content (AvgIpc) is 2.64. The SMILES string of the molecule is Cc1cccc(NC(=O)Cn2ccsc2=N)c1. The van der Waals surface area contributed by atoms with Crippen LogP contribution in [0.2, 0.25) is 0 Å². The van der Waals surface area contributed by atoms with E-state index in [2.05, 4.69) is 5.32 Å². The Balaban J connectivity index is 2.03. The smallest absolute Gasteiger partial charge is 0.244 e. The van der Waals surface area contributed by atoms with E-state index in [1.807, 2.05) is 31.2 Å². The lowest BCUT2D eigenvalue weighted by molar-refractivity contribution is -0.116. The maximum atomic E-state index is 11.7. The van der Waals surface area contributed by atoms with Crippen LogP contribution in [0, 0.1) is 12.3 Å². The Morgan fingerprint density at radius 3 is 3.00 bits per heavy atom. The lowest BCUT2D eigenvalue weighted by Gasteiger charge is -2.06. The monoisotopic (exact) mass is 247 g/mol. The molecule has 1 aromatic heterocycles. The Hall–Kier alpha value is -1.88. The van der Waals surface area contributed by atoms with E-state index in [-0.39, 0.29) is 12.5 Å². The molecule has 0 aliphatic rings. The molecular formula is C12H13N3OS. The zero-order chi connectivity index (χ0) is 12.3. The summed E-state index contributed by atoms with van der Waals surface area (Å²) < 4.78 is 1.61. The van der Waals surface area contributed by atoms with Gasteiger partial charge in [0.25, 0.3) is 0 Å². The molecule has 88 valence electrons. The molecule has 0 aliphatic carbocycles. The zero-order valence-electron chi connectivity index (χ0n) is 9.43. The summed E-state index contributed by atoms with van der Waals surface area (Å²) in [6, 6.07) is 7.65. The molecule has 0 saturated heterocycles. The first-order valence-electron chi connectivity index (χ1n) is 5.20. The minimum absolute atomic E-state index is 0.118. The fraction of sp³-hybridized carbons (Fsp3) is 0.167. The molecule has 0 saturated carbocycles. The summed E-state index contributed by atoms with van der Waals surface area (Å²) in [5.41, 5.74) is 1.89. The number of carbonyl (C=O) groups excluding carboxylic acids is 1. The van der Waals surface area contributed by atoms with Crippen LogP contribution in [0.3, 0.4) is 0 Å². The van der Waals surface area contributed by atoms with Gasteiger partial charge in [0.2, 0.25) is 5.91 Å². The summed E-state index contributed by atoms with van der Waals surface area (Å²) in [5, 5.41) is 12.2. The number of hydrogen-bond acceptors (Lipinski definition) is 3. The van der Waals surface area contributed by atoms with Gasteiger partial charge in [-0.1, -0.05) is 12.1 Å². The number of aryl methyl sites for hydroxylation is 1. The number of anilines is 1. The van der Waals surface area contributed by atoms with Crippen molar-refractivity contribution in [3.8, 4) is 0 Å². The highest BCUT2D eigenvalue weighted by Crippen LogP contribution is 2.09. The molecule has 4 nitrogen and oxygen atoms in total. The standard InChI is InChI=1S/C12H13N3OS/c1-9-3-2-4-10(7-9)14-11(16)8-15-5-6-17-12(15)13/h2-7,13H,8H2,1H3,(H,14,16). The molecule has 0 fully saturated rings. The van der Waals surface area contributed by atoms with Crippen molar-refractivity contribution in [3.05, 3.63) is 46.2 Å². The fourth-order valence-electron chi connectivity index (χ4n) is 1.51. The van der Waals surface area contributed by atoms with E-state index in [0.717, 1.165) is 11.3 Å². The van der Waals surface area contributed by atoms with Crippen molar-refractivity contribution in [2.75, 3.05) is 5.32 Å². The Labute approximate surface area is 103 Å². The van der Waals surface area contributed by atoms with Crippen LogP contribution in [-0.4, -0.2) is 10.5 Å². The van der Waals surface area contributed by atoms with Crippen LogP contribution in [0.25, 0.3) is 0 Å². The molecule has 1 amide bonds. The van der Waals surface area contributed by atoms with Gasteiger partial charge in [0.1, 0.15) is 6.54 Å². The van der Waals surface area contributed by atoms with Crippen LogP contribution in [0.15, 0.2) is 35.8 Å². The van der Waals surface area contributed by atoms with E-state index in [1.165, 1.54) is 11.3 Å². The van der Waals surface area contributed by atoms with Gasteiger partial charge in [-0.25, -0.2) is 0 Å². The molecule has 0 bridgehead atoms. The summed E-state index contributed by atoms with van der Waals surface area (Å²) in [6.07, 6.45) is 1.74. The number of hydrogen-bond donors (Lipinski definition) is 2. The largest absolute Gasteiger partial charge is 0.325 e. The van der Waals surface area contributed by atoms with E-state index in [1.54, 1.807) is 16.1 Å². The summed E-state index contributed by atoms with van der Waals surface area (Å²) in [7, 11) is 0. The summed E-state index contributed by atoms with van der Waals surface area (Å²) in [5.74, 6) is -0.118. The van der Waals surface area contributed by atoms with Gasteiger partial charge in [-0.05, 0) is 24.6 Å². The van der Waals surface area contributed by atoms with Crippen LogP contribution < -0.4 is 10.1 Å². The molecule has 5 heteroatoms. The third-order valence-corrected chi connectivity index (χ3v) is 3.01. The second-order valence-electron chi connectivity index (χ2n) is 3.75. The van der Waals surface area contributed by atoms with E-state index < -0.39 is 0 Å². The third kappa shape index (κ3) is 3.04. The highest BCUT2D eigenvalue weighted by atomic mass is 32.1. The molecule has 1 aromatic carbocycles. The number of nitrogens with one attached hydrogen (secondary N) is 2.